The number of alkyl halides is 3. The molecule has 2 atom stereocenters. The monoisotopic (exact) mass is 379 g/mol. The topological polar surface area (TPSA) is 62.4 Å². The molecule has 0 spiro atoms. The lowest BCUT2D eigenvalue weighted by molar-refractivity contribution is -0.137. The molecule has 0 radical (unpaired) electrons. The summed E-state index contributed by atoms with van der Waals surface area (Å²) in [5, 5.41) is 2.68. The van der Waals surface area contributed by atoms with E-state index in [1.807, 2.05) is 24.3 Å². The van der Waals surface area contributed by atoms with Crippen molar-refractivity contribution in [3.63, 3.8) is 0 Å². The molecule has 1 aliphatic rings. The van der Waals surface area contributed by atoms with Gasteiger partial charge in [-0.05, 0) is 41.8 Å². The Morgan fingerprint density at radius 1 is 1.19 bits per heavy atom. The van der Waals surface area contributed by atoms with E-state index in [4.69, 9.17) is 4.74 Å². The molecule has 2 aromatic rings. The first-order chi connectivity index (χ1) is 12.9. The van der Waals surface area contributed by atoms with Gasteiger partial charge in [-0.15, -0.1) is 0 Å². The fourth-order valence-corrected chi connectivity index (χ4v) is 2.98. The van der Waals surface area contributed by atoms with Gasteiger partial charge in [0, 0.05) is 12.6 Å². The van der Waals surface area contributed by atoms with Crippen LogP contribution in [0, 0.1) is 0 Å². The zero-order valence-electron chi connectivity index (χ0n) is 14.6. The molecule has 0 aliphatic carbocycles. The van der Waals surface area contributed by atoms with Crippen molar-refractivity contribution in [2.45, 2.75) is 31.2 Å². The first-order valence-corrected chi connectivity index (χ1v) is 8.45. The lowest BCUT2D eigenvalue weighted by Gasteiger charge is -2.12. The van der Waals surface area contributed by atoms with Gasteiger partial charge in [-0.2, -0.15) is 13.2 Å². The fraction of sp³-hybridized carbons (Fsp3) is 0.316. The number of hydrogen-bond donors (Lipinski definition) is 3. The summed E-state index contributed by atoms with van der Waals surface area (Å²) in [5.41, 5.74) is 6.65. The number of hydrogen-bond acceptors (Lipinski definition) is 4. The van der Waals surface area contributed by atoms with E-state index in [1.54, 1.807) is 13.2 Å². The summed E-state index contributed by atoms with van der Waals surface area (Å²) in [6.07, 6.45) is -3.89. The van der Waals surface area contributed by atoms with Gasteiger partial charge < -0.3 is 10.1 Å². The largest absolute Gasteiger partial charge is 0.497 e. The predicted octanol–water partition coefficient (Wildman–Crippen LogP) is 2.94. The molecule has 3 N–H and O–H groups in total. The summed E-state index contributed by atoms with van der Waals surface area (Å²) in [7, 11) is 1.59. The van der Waals surface area contributed by atoms with Crippen molar-refractivity contribution < 1.29 is 22.7 Å². The van der Waals surface area contributed by atoms with Crippen molar-refractivity contribution >= 4 is 5.91 Å². The molecule has 8 heteroatoms. The maximum Gasteiger partial charge on any atom is 0.416 e. The number of benzene rings is 2. The van der Waals surface area contributed by atoms with Crippen LogP contribution in [-0.4, -0.2) is 19.1 Å². The molecule has 0 saturated carbocycles. The van der Waals surface area contributed by atoms with Gasteiger partial charge in [0.2, 0.25) is 5.91 Å². The third-order valence-corrected chi connectivity index (χ3v) is 4.44. The highest BCUT2D eigenvalue weighted by atomic mass is 19.4. The van der Waals surface area contributed by atoms with E-state index in [-0.39, 0.29) is 18.5 Å². The van der Waals surface area contributed by atoms with Crippen molar-refractivity contribution in [2.24, 2.45) is 0 Å². The molecule has 1 aliphatic heterocycles. The summed E-state index contributed by atoms with van der Waals surface area (Å²) in [6.45, 7) is 0.0325. The zero-order chi connectivity index (χ0) is 19.4. The number of hydrazine groups is 1. The van der Waals surface area contributed by atoms with Crippen molar-refractivity contribution in [1.82, 2.24) is 16.2 Å². The van der Waals surface area contributed by atoms with Crippen LogP contribution >= 0.6 is 0 Å². The number of rotatable bonds is 5. The molecule has 27 heavy (non-hydrogen) atoms. The summed E-state index contributed by atoms with van der Waals surface area (Å²) >= 11 is 0. The third kappa shape index (κ3) is 4.78. The predicted molar refractivity (Wildman–Crippen MR) is 93.7 cm³/mol. The molecule has 3 rings (SSSR count). The normalized spacial score (nSPS) is 19.7. The smallest absolute Gasteiger partial charge is 0.416 e. The second-order valence-corrected chi connectivity index (χ2v) is 6.32. The highest BCUT2D eigenvalue weighted by Gasteiger charge is 2.31. The third-order valence-electron chi connectivity index (χ3n) is 4.44. The van der Waals surface area contributed by atoms with Gasteiger partial charge in [0.25, 0.3) is 0 Å². The molecular weight excluding hydrogens is 359 g/mol. The van der Waals surface area contributed by atoms with Crippen LogP contribution in [0.3, 0.4) is 0 Å². The van der Waals surface area contributed by atoms with Crippen molar-refractivity contribution in [2.75, 3.05) is 7.11 Å². The standard InChI is InChI=1S/C19H20F3N3O2/c1-27-15-7-3-5-13(9-15)16-10-17(25-24-16)18(26)23-11-12-4-2-6-14(8-12)19(20,21)22/h2-9,16-17,24-25H,10-11H2,1H3,(H,23,26). The van der Waals surface area contributed by atoms with Crippen LogP contribution in [0.1, 0.15) is 29.2 Å². The van der Waals surface area contributed by atoms with Gasteiger partial charge >= 0.3 is 6.18 Å². The molecular formula is C19H20F3N3O2. The molecule has 144 valence electrons. The Bertz CT molecular complexity index is 811. The molecule has 1 saturated heterocycles. The van der Waals surface area contributed by atoms with E-state index >= 15 is 0 Å². The Morgan fingerprint density at radius 2 is 1.96 bits per heavy atom. The van der Waals surface area contributed by atoms with Gasteiger partial charge in [0.15, 0.2) is 0 Å². The Labute approximate surface area is 154 Å². The number of methoxy groups -OCH3 is 1. The number of nitrogens with one attached hydrogen (secondary N) is 3. The Hall–Kier alpha value is -2.58. The number of halogens is 3. The first-order valence-electron chi connectivity index (χ1n) is 8.45. The minimum absolute atomic E-state index is 0.0325. The molecule has 2 aromatic carbocycles. The fourth-order valence-electron chi connectivity index (χ4n) is 2.98. The molecule has 1 heterocycles. The van der Waals surface area contributed by atoms with E-state index in [1.165, 1.54) is 6.07 Å². The van der Waals surface area contributed by atoms with E-state index in [0.29, 0.717) is 12.0 Å². The quantitative estimate of drug-likeness (QED) is 0.748. The zero-order valence-corrected chi connectivity index (χ0v) is 14.6. The van der Waals surface area contributed by atoms with E-state index in [9.17, 15) is 18.0 Å². The molecule has 5 nitrogen and oxygen atoms in total. The second kappa shape index (κ2) is 7.98. The minimum Gasteiger partial charge on any atom is -0.497 e. The van der Waals surface area contributed by atoms with Crippen LogP contribution in [0.2, 0.25) is 0 Å². The second-order valence-electron chi connectivity index (χ2n) is 6.32. The summed E-state index contributed by atoms with van der Waals surface area (Å²) in [6, 6.07) is 11.9. The number of carbonyl (C=O) groups excluding carboxylic acids is 1. The summed E-state index contributed by atoms with van der Waals surface area (Å²) in [4.78, 5) is 12.3. The van der Waals surface area contributed by atoms with Gasteiger partial charge in [-0.25, -0.2) is 10.9 Å². The van der Waals surface area contributed by atoms with Crippen LogP contribution in [0.5, 0.6) is 5.75 Å². The molecule has 0 aromatic heterocycles. The Kier molecular flexibility index (Phi) is 5.67. The lowest BCUT2D eigenvalue weighted by Crippen LogP contribution is -2.42. The molecule has 2 unspecified atom stereocenters. The average Bonchev–Trinajstić information content (AvgIpc) is 3.16. The average molecular weight is 379 g/mol. The van der Waals surface area contributed by atoms with Crippen LogP contribution in [0.4, 0.5) is 13.2 Å². The highest BCUT2D eigenvalue weighted by Crippen LogP contribution is 2.29. The van der Waals surface area contributed by atoms with Crippen molar-refractivity contribution in [3.05, 3.63) is 65.2 Å². The summed E-state index contributed by atoms with van der Waals surface area (Å²) < 4.78 is 43.5. The lowest BCUT2D eigenvalue weighted by atomic mass is 10.0. The van der Waals surface area contributed by atoms with E-state index in [2.05, 4.69) is 16.2 Å². The Morgan fingerprint density at radius 3 is 2.70 bits per heavy atom. The van der Waals surface area contributed by atoms with Gasteiger partial charge in [0.1, 0.15) is 11.8 Å². The SMILES string of the molecule is COc1cccc(C2CC(C(=O)NCc3cccc(C(F)(F)F)c3)NN2)c1. The Balaban J connectivity index is 1.56. The van der Waals surface area contributed by atoms with Crippen molar-refractivity contribution in [1.29, 1.82) is 0 Å². The maximum absolute atomic E-state index is 12.8. The van der Waals surface area contributed by atoms with Crippen molar-refractivity contribution in [3.8, 4) is 5.75 Å². The minimum atomic E-state index is -4.40. The molecule has 0 bridgehead atoms. The first kappa shape index (κ1) is 19.2. The number of carbonyl (C=O) groups is 1. The molecule has 1 amide bonds. The van der Waals surface area contributed by atoms with Gasteiger partial charge in [-0.3, -0.25) is 4.79 Å². The van der Waals surface area contributed by atoms with Gasteiger partial charge in [0.05, 0.1) is 12.7 Å². The van der Waals surface area contributed by atoms with Crippen LogP contribution in [-0.2, 0) is 17.5 Å². The van der Waals surface area contributed by atoms with E-state index in [0.717, 1.165) is 23.4 Å². The molecule has 1 fully saturated rings. The van der Waals surface area contributed by atoms with Crippen LogP contribution in [0.25, 0.3) is 0 Å². The number of ether oxygens (including phenoxy) is 1. The van der Waals surface area contributed by atoms with Crippen LogP contribution < -0.4 is 20.9 Å². The highest BCUT2D eigenvalue weighted by molar-refractivity contribution is 5.82. The van der Waals surface area contributed by atoms with Gasteiger partial charge in [-0.1, -0.05) is 24.3 Å². The summed E-state index contributed by atoms with van der Waals surface area (Å²) in [5.74, 6) is 0.456. The maximum atomic E-state index is 12.8. The van der Waals surface area contributed by atoms with Crippen LogP contribution in [0.15, 0.2) is 48.5 Å². The van der Waals surface area contributed by atoms with E-state index < -0.39 is 17.8 Å². The number of amides is 1.